The second-order valence-corrected chi connectivity index (χ2v) is 5.92. The van der Waals surface area contributed by atoms with Gasteiger partial charge in [0.25, 0.3) is 5.91 Å². The summed E-state index contributed by atoms with van der Waals surface area (Å²) < 4.78 is 7.32. The maximum atomic E-state index is 12.6. The number of aryl methyl sites for hydroxylation is 1. The molecule has 2 N–H and O–H groups in total. The molecule has 0 bridgehead atoms. The Hall–Kier alpha value is -3.19. The molecular weight excluding hydrogens is 332 g/mol. The van der Waals surface area contributed by atoms with Gasteiger partial charge in [-0.05, 0) is 48.4 Å². The monoisotopic (exact) mass is 352 g/mol. The quantitative estimate of drug-likeness (QED) is 0.711. The van der Waals surface area contributed by atoms with Gasteiger partial charge in [0.05, 0.1) is 6.61 Å². The second kappa shape index (κ2) is 7.79. The zero-order valence-corrected chi connectivity index (χ0v) is 14.6. The summed E-state index contributed by atoms with van der Waals surface area (Å²) in [6.45, 7) is 1.64. The number of rotatable bonds is 6. The van der Waals surface area contributed by atoms with Gasteiger partial charge < -0.3 is 15.2 Å². The van der Waals surface area contributed by atoms with Gasteiger partial charge in [-0.1, -0.05) is 0 Å². The van der Waals surface area contributed by atoms with Crippen molar-refractivity contribution in [1.29, 1.82) is 0 Å². The van der Waals surface area contributed by atoms with Crippen molar-refractivity contribution in [2.75, 3.05) is 11.9 Å². The van der Waals surface area contributed by atoms with E-state index in [2.05, 4.69) is 15.4 Å². The predicted octanol–water partition coefficient (Wildman–Crippen LogP) is 2.49. The summed E-state index contributed by atoms with van der Waals surface area (Å²) in [4.78, 5) is 16.7. The van der Waals surface area contributed by atoms with E-state index in [4.69, 9.17) is 4.74 Å². The van der Waals surface area contributed by atoms with E-state index in [1.807, 2.05) is 18.2 Å². The topological polar surface area (TPSA) is 89.3 Å². The highest BCUT2D eigenvalue weighted by Gasteiger charge is 2.13. The maximum Gasteiger partial charge on any atom is 0.257 e. The molecule has 1 aromatic carbocycles. The largest absolute Gasteiger partial charge is 0.488 e. The van der Waals surface area contributed by atoms with Crippen molar-refractivity contribution in [2.24, 2.45) is 7.05 Å². The first-order chi connectivity index (χ1) is 12.5. The smallest absolute Gasteiger partial charge is 0.257 e. The van der Waals surface area contributed by atoms with Crippen LogP contribution in [0, 0.1) is 0 Å². The van der Waals surface area contributed by atoms with Gasteiger partial charge in [-0.15, -0.1) is 0 Å². The number of hydrogen-bond acceptors (Lipinski definition) is 5. The number of aliphatic hydroxyl groups is 1. The van der Waals surface area contributed by atoms with Gasteiger partial charge in [0.1, 0.15) is 11.9 Å². The molecule has 0 saturated carbocycles. The molecule has 0 saturated heterocycles. The van der Waals surface area contributed by atoms with E-state index in [0.29, 0.717) is 17.1 Å². The highest BCUT2D eigenvalue weighted by molar-refractivity contribution is 6.04. The van der Waals surface area contributed by atoms with E-state index in [0.717, 1.165) is 11.1 Å². The Labute approximate surface area is 151 Å². The summed E-state index contributed by atoms with van der Waals surface area (Å²) in [6.07, 6.45) is 4.74. The van der Waals surface area contributed by atoms with E-state index in [1.165, 1.54) is 0 Å². The molecule has 2 heterocycles. The third kappa shape index (κ3) is 4.25. The van der Waals surface area contributed by atoms with Crippen LogP contribution in [0.1, 0.15) is 17.3 Å². The average Bonchev–Trinajstić information content (AvgIpc) is 3.06. The number of hydrogen-bond donors (Lipinski definition) is 2. The van der Waals surface area contributed by atoms with E-state index < -0.39 is 0 Å². The van der Waals surface area contributed by atoms with Crippen molar-refractivity contribution in [3.63, 3.8) is 0 Å². The fraction of sp³-hybridized carbons (Fsp3) is 0.211. The molecule has 2 aromatic heterocycles. The van der Waals surface area contributed by atoms with Gasteiger partial charge in [-0.2, -0.15) is 5.10 Å². The van der Waals surface area contributed by atoms with Crippen molar-refractivity contribution in [3.8, 4) is 16.9 Å². The normalized spacial score (nSPS) is 11.8. The Morgan fingerprint density at radius 1 is 1.23 bits per heavy atom. The first kappa shape index (κ1) is 17.6. The minimum Gasteiger partial charge on any atom is -0.488 e. The molecule has 0 fully saturated rings. The predicted molar refractivity (Wildman–Crippen MR) is 98.0 cm³/mol. The molecule has 7 nitrogen and oxygen atoms in total. The fourth-order valence-electron chi connectivity index (χ4n) is 2.45. The lowest BCUT2D eigenvalue weighted by atomic mass is 10.0. The molecule has 3 aromatic rings. The summed E-state index contributed by atoms with van der Waals surface area (Å²) in [7, 11) is 1.78. The Morgan fingerprint density at radius 3 is 2.65 bits per heavy atom. The minimum atomic E-state index is -0.380. The number of aliphatic hydroxyl groups excluding tert-OH is 1. The Bertz CT molecular complexity index is 893. The Kier molecular flexibility index (Phi) is 5.28. The SMILES string of the molecule is CC(CO)Oc1cc(C(=O)Nc2ccn(C)n2)cc(-c2ccncc2)c1. The van der Waals surface area contributed by atoms with Crippen LogP contribution in [-0.4, -0.2) is 38.5 Å². The Balaban J connectivity index is 1.94. The molecule has 0 radical (unpaired) electrons. The first-order valence-corrected chi connectivity index (χ1v) is 8.19. The number of nitrogens with one attached hydrogen (secondary N) is 1. The van der Waals surface area contributed by atoms with Crippen LogP contribution in [0.4, 0.5) is 5.82 Å². The number of aromatic nitrogens is 3. The van der Waals surface area contributed by atoms with Crippen LogP contribution in [0.5, 0.6) is 5.75 Å². The van der Waals surface area contributed by atoms with Crippen LogP contribution < -0.4 is 10.1 Å². The summed E-state index contributed by atoms with van der Waals surface area (Å²) in [5, 5.41) is 16.2. The van der Waals surface area contributed by atoms with Crippen molar-refractivity contribution in [1.82, 2.24) is 14.8 Å². The van der Waals surface area contributed by atoms with Crippen LogP contribution in [0.15, 0.2) is 55.0 Å². The lowest BCUT2D eigenvalue weighted by molar-refractivity contribution is 0.102. The maximum absolute atomic E-state index is 12.6. The van der Waals surface area contributed by atoms with E-state index in [9.17, 15) is 9.90 Å². The van der Waals surface area contributed by atoms with Crippen LogP contribution in [0.3, 0.4) is 0 Å². The van der Waals surface area contributed by atoms with Crippen LogP contribution >= 0.6 is 0 Å². The summed E-state index contributed by atoms with van der Waals surface area (Å²) >= 11 is 0. The van der Waals surface area contributed by atoms with E-state index in [-0.39, 0.29) is 18.6 Å². The number of benzene rings is 1. The molecule has 134 valence electrons. The number of carbonyl (C=O) groups is 1. The molecule has 26 heavy (non-hydrogen) atoms. The summed E-state index contributed by atoms with van der Waals surface area (Å²) in [5.74, 6) is 0.686. The van der Waals surface area contributed by atoms with Gasteiger partial charge >= 0.3 is 0 Å². The molecule has 3 rings (SSSR count). The second-order valence-electron chi connectivity index (χ2n) is 5.92. The Morgan fingerprint density at radius 2 is 2.00 bits per heavy atom. The van der Waals surface area contributed by atoms with Crippen LogP contribution in [-0.2, 0) is 7.05 Å². The van der Waals surface area contributed by atoms with Crippen molar-refractivity contribution in [3.05, 3.63) is 60.6 Å². The van der Waals surface area contributed by atoms with Gasteiger partial charge in [0.2, 0.25) is 0 Å². The van der Waals surface area contributed by atoms with Gasteiger partial charge in [-0.3, -0.25) is 14.5 Å². The number of pyridine rings is 1. The van der Waals surface area contributed by atoms with Crippen molar-refractivity contribution >= 4 is 11.7 Å². The van der Waals surface area contributed by atoms with Gasteiger partial charge in [0.15, 0.2) is 5.82 Å². The molecule has 1 amide bonds. The van der Waals surface area contributed by atoms with Crippen LogP contribution in [0.2, 0.25) is 0 Å². The van der Waals surface area contributed by atoms with E-state index >= 15 is 0 Å². The molecule has 1 atom stereocenters. The number of amides is 1. The highest BCUT2D eigenvalue weighted by Crippen LogP contribution is 2.27. The zero-order chi connectivity index (χ0) is 18.5. The van der Waals surface area contributed by atoms with Crippen LogP contribution in [0.25, 0.3) is 11.1 Å². The third-order valence-electron chi connectivity index (χ3n) is 3.73. The zero-order valence-electron chi connectivity index (χ0n) is 14.6. The summed E-state index contributed by atoms with van der Waals surface area (Å²) in [6, 6.07) is 10.7. The molecule has 7 heteroatoms. The lowest BCUT2D eigenvalue weighted by Crippen LogP contribution is -2.17. The summed E-state index contributed by atoms with van der Waals surface area (Å²) in [5.41, 5.74) is 2.17. The van der Waals surface area contributed by atoms with Crippen molar-refractivity contribution in [2.45, 2.75) is 13.0 Å². The number of ether oxygens (including phenoxy) is 1. The number of anilines is 1. The molecule has 0 aliphatic rings. The molecule has 0 aliphatic heterocycles. The van der Waals surface area contributed by atoms with Gasteiger partial charge in [-0.25, -0.2) is 0 Å². The van der Waals surface area contributed by atoms with Gasteiger partial charge in [0, 0.05) is 37.3 Å². The molecule has 1 unspecified atom stereocenters. The third-order valence-corrected chi connectivity index (χ3v) is 3.73. The fourth-order valence-corrected chi connectivity index (χ4v) is 2.45. The first-order valence-electron chi connectivity index (χ1n) is 8.19. The molecular formula is C19H20N4O3. The standard InChI is InChI=1S/C19H20N4O3/c1-13(12-24)26-17-10-15(14-3-6-20-7-4-14)9-16(11-17)19(25)21-18-5-8-23(2)22-18/h3-11,13,24H,12H2,1-2H3,(H,21,22,25). The number of nitrogens with zero attached hydrogens (tertiary/aromatic N) is 3. The lowest BCUT2D eigenvalue weighted by Gasteiger charge is -2.15. The molecule has 0 aliphatic carbocycles. The van der Waals surface area contributed by atoms with Crippen molar-refractivity contribution < 1.29 is 14.6 Å². The average molecular weight is 352 g/mol. The minimum absolute atomic E-state index is 0.116. The highest BCUT2D eigenvalue weighted by atomic mass is 16.5. The number of carbonyl (C=O) groups excluding carboxylic acids is 1. The molecule has 0 spiro atoms. The van der Waals surface area contributed by atoms with E-state index in [1.54, 1.807) is 55.4 Å².